The van der Waals surface area contributed by atoms with Gasteiger partial charge in [0.2, 0.25) is 5.88 Å². The van der Waals surface area contributed by atoms with Crippen molar-refractivity contribution in [1.29, 1.82) is 0 Å². The molecule has 128 valence electrons. The standard InChI is InChI=1S/C13H16N6O4S/c1-2-23-13-10(4-3-7-14-13)24(21,22)16-11(20)8-19-12(9-5-6-9)15-17-18-19/h3-4,7,9H,2,5-6,8H2,1H3,(H,16,20). The molecule has 0 radical (unpaired) electrons. The Morgan fingerprint density at radius 2 is 2.25 bits per heavy atom. The number of hydrogen-bond acceptors (Lipinski definition) is 8. The van der Waals surface area contributed by atoms with Crippen LogP contribution in [0.5, 0.6) is 5.88 Å². The predicted octanol–water partition coefficient (Wildman–Crippen LogP) is -0.151. The number of ether oxygens (including phenoxy) is 1. The molecular formula is C13H16N6O4S. The topological polar surface area (TPSA) is 129 Å². The second-order valence-electron chi connectivity index (χ2n) is 5.24. The van der Waals surface area contributed by atoms with Gasteiger partial charge in [-0.25, -0.2) is 22.8 Å². The van der Waals surface area contributed by atoms with Crippen LogP contribution in [0.3, 0.4) is 0 Å². The van der Waals surface area contributed by atoms with E-state index < -0.39 is 15.9 Å². The summed E-state index contributed by atoms with van der Waals surface area (Å²) in [5.74, 6) is 0.0445. The van der Waals surface area contributed by atoms with E-state index in [1.165, 1.54) is 23.0 Å². The molecule has 0 unspecified atom stereocenters. The molecule has 2 aromatic heterocycles. The molecule has 0 atom stereocenters. The van der Waals surface area contributed by atoms with Gasteiger partial charge in [-0.05, 0) is 42.3 Å². The highest BCUT2D eigenvalue weighted by atomic mass is 32.2. The molecule has 1 fully saturated rings. The molecule has 2 heterocycles. The molecule has 1 aliphatic rings. The van der Waals surface area contributed by atoms with Crippen molar-refractivity contribution in [3.8, 4) is 5.88 Å². The summed E-state index contributed by atoms with van der Waals surface area (Å²) in [6, 6.07) is 2.77. The van der Waals surface area contributed by atoms with Crippen LogP contribution >= 0.6 is 0 Å². The van der Waals surface area contributed by atoms with Crippen LogP contribution in [0.4, 0.5) is 0 Å². The number of rotatable bonds is 7. The Balaban J connectivity index is 1.74. The fraction of sp³-hybridized carbons (Fsp3) is 0.462. The van der Waals surface area contributed by atoms with Crippen LogP contribution in [-0.2, 0) is 21.4 Å². The van der Waals surface area contributed by atoms with Gasteiger partial charge in [-0.15, -0.1) is 5.10 Å². The van der Waals surface area contributed by atoms with Gasteiger partial charge in [0.05, 0.1) is 6.61 Å². The summed E-state index contributed by atoms with van der Waals surface area (Å²) in [5.41, 5.74) is 0. The highest BCUT2D eigenvalue weighted by molar-refractivity contribution is 7.90. The minimum absolute atomic E-state index is 0.0543. The molecule has 0 aliphatic heterocycles. The van der Waals surface area contributed by atoms with Gasteiger partial charge in [-0.2, -0.15) is 0 Å². The smallest absolute Gasteiger partial charge is 0.269 e. The average molecular weight is 352 g/mol. The van der Waals surface area contributed by atoms with Gasteiger partial charge in [0.15, 0.2) is 5.82 Å². The number of aromatic nitrogens is 5. The van der Waals surface area contributed by atoms with Crippen LogP contribution in [0.15, 0.2) is 23.2 Å². The Labute approximate surface area is 138 Å². The highest BCUT2D eigenvalue weighted by Crippen LogP contribution is 2.38. The number of hydrogen-bond donors (Lipinski definition) is 1. The first-order valence-electron chi connectivity index (χ1n) is 7.40. The van der Waals surface area contributed by atoms with Crippen LogP contribution < -0.4 is 9.46 Å². The van der Waals surface area contributed by atoms with Crippen molar-refractivity contribution >= 4 is 15.9 Å². The lowest BCUT2D eigenvalue weighted by Gasteiger charge is -2.10. The number of carbonyl (C=O) groups is 1. The lowest BCUT2D eigenvalue weighted by Crippen LogP contribution is -2.34. The van der Waals surface area contributed by atoms with Gasteiger partial charge < -0.3 is 4.74 Å². The summed E-state index contributed by atoms with van der Waals surface area (Å²) in [6.45, 7) is 1.69. The molecule has 0 spiro atoms. The summed E-state index contributed by atoms with van der Waals surface area (Å²) in [5, 5.41) is 11.1. The van der Waals surface area contributed by atoms with E-state index in [1.807, 2.05) is 4.72 Å². The van der Waals surface area contributed by atoms with Gasteiger partial charge in [0.25, 0.3) is 15.9 Å². The van der Waals surface area contributed by atoms with E-state index in [0.717, 1.165) is 12.8 Å². The van der Waals surface area contributed by atoms with Crippen LogP contribution in [-0.4, -0.2) is 46.1 Å². The first-order chi connectivity index (χ1) is 11.5. The average Bonchev–Trinajstić information content (AvgIpc) is 3.28. The molecule has 1 amide bonds. The number of nitrogens with zero attached hydrogens (tertiary/aromatic N) is 5. The number of amides is 1. The van der Waals surface area contributed by atoms with Crippen LogP contribution in [0, 0.1) is 0 Å². The maximum atomic E-state index is 12.4. The fourth-order valence-electron chi connectivity index (χ4n) is 2.16. The van der Waals surface area contributed by atoms with E-state index in [1.54, 1.807) is 6.92 Å². The lowest BCUT2D eigenvalue weighted by molar-refractivity contribution is -0.120. The van der Waals surface area contributed by atoms with Gasteiger partial charge in [-0.3, -0.25) is 4.79 Å². The van der Waals surface area contributed by atoms with Crippen molar-refractivity contribution < 1.29 is 17.9 Å². The third-order valence-corrected chi connectivity index (χ3v) is 4.74. The summed E-state index contributed by atoms with van der Waals surface area (Å²) in [6.07, 6.45) is 3.34. The molecule has 11 heteroatoms. The van der Waals surface area contributed by atoms with E-state index in [2.05, 4.69) is 20.5 Å². The Morgan fingerprint density at radius 1 is 1.46 bits per heavy atom. The molecule has 0 saturated heterocycles. The van der Waals surface area contributed by atoms with Crippen molar-refractivity contribution in [2.45, 2.75) is 37.1 Å². The Kier molecular flexibility index (Phi) is 4.42. The minimum atomic E-state index is -4.10. The molecule has 3 rings (SSSR count). The van der Waals surface area contributed by atoms with Crippen molar-refractivity contribution in [3.05, 3.63) is 24.2 Å². The summed E-state index contributed by atoms with van der Waals surface area (Å²) >= 11 is 0. The third-order valence-electron chi connectivity index (χ3n) is 3.35. The second-order valence-corrected chi connectivity index (χ2v) is 6.89. The number of carbonyl (C=O) groups excluding carboxylic acids is 1. The lowest BCUT2D eigenvalue weighted by atomic mass is 10.4. The van der Waals surface area contributed by atoms with Crippen LogP contribution in [0.1, 0.15) is 31.5 Å². The zero-order chi connectivity index (χ0) is 17.2. The highest BCUT2D eigenvalue weighted by Gasteiger charge is 2.30. The fourth-order valence-corrected chi connectivity index (χ4v) is 3.23. The van der Waals surface area contributed by atoms with Gasteiger partial charge in [0, 0.05) is 12.1 Å². The quantitative estimate of drug-likeness (QED) is 0.728. The predicted molar refractivity (Wildman–Crippen MR) is 80.5 cm³/mol. The van der Waals surface area contributed by atoms with Gasteiger partial charge >= 0.3 is 0 Å². The number of tetrazole rings is 1. The molecule has 2 aromatic rings. The van der Waals surface area contributed by atoms with E-state index in [0.29, 0.717) is 5.82 Å². The first kappa shape index (κ1) is 16.3. The summed E-state index contributed by atoms with van der Waals surface area (Å²) in [4.78, 5) is 15.8. The number of nitrogens with one attached hydrogen (secondary N) is 1. The van der Waals surface area contributed by atoms with E-state index in [9.17, 15) is 13.2 Å². The van der Waals surface area contributed by atoms with E-state index in [4.69, 9.17) is 4.74 Å². The molecule has 0 bridgehead atoms. The normalized spacial score (nSPS) is 14.4. The van der Waals surface area contributed by atoms with Crippen molar-refractivity contribution in [2.75, 3.05) is 6.61 Å². The Morgan fingerprint density at radius 3 is 2.96 bits per heavy atom. The Hall–Kier alpha value is -2.56. The largest absolute Gasteiger partial charge is 0.477 e. The zero-order valence-electron chi connectivity index (χ0n) is 12.9. The maximum Gasteiger partial charge on any atom is 0.269 e. The monoisotopic (exact) mass is 352 g/mol. The molecule has 0 aromatic carbocycles. The van der Waals surface area contributed by atoms with Gasteiger partial charge in [-0.1, -0.05) is 0 Å². The first-order valence-corrected chi connectivity index (χ1v) is 8.89. The zero-order valence-corrected chi connectivity index (χ0v) is 13.7. The minimum Gasteiger partial charge on any atom is -0.477 e. The maximum absolute atomic E-state index is 12.4. The van der Waals surface area contributed by atoms with E-state index >= 15 is 0 Å². The summed E-state index contributed by atoms with van der Waals surface area (Å²) in [7, 11) is -4.10. The molecule has 24 heavy (non-hydrogen) atoms. The molecule has 1 aliphatic carbocycles. The van der Waals surface area contributed by atoms with Crippen LogP contribution in [0.25, 0.3) is 0 Å². The SMILES string of the molecule is CCOc1ncccc1S(=O)(=O)NC(=O)Cn1nnnc1C1CC1. The molecule has 10 nitrogen and oxygen atoms in total. The van der Waals surface area contributed by atoms with Gasteiger partial charge in [0.1, 0.15) is 11.4 Å². The van der Waals surface area contributed by atoms with Crippen molar-refractivity contribution in [3.63, 3.8) is 0 Å². The van der Waals surface area contributed by atoms with Crippen molar-refractivity contribution in [2.24, 2.45) is 0 Å². The third kappa shape index (κ3) is 3.50. The second kappa shape index (κ2) is 6.51. The molecule has 1 N–H and O–H groups in total. The van der Waals surface area contributed by atoms with Crippen LogP contribution in [0.2, 0.25) is 0 Å². The molecular weight excluding hydrogens is 336 g/mol. The number of sulfonamides is 1. The summed E-state index contributed by atoms with van der Waals surface area (Å²) < 4.78 is 33.3. The van der Waals surface area contributed by atoms with Crippen molar-refractivity contribution in [1.82, 2.24) is 29.9 Å². The number of pyridine rings is 1. The molecule has 1 saturated carbocycles. The Bertz CT molecular complexity index is 846. The van der Waals surface area contributed by atoms with E-state index in [-0.39, 0.29) is 29.8 Å².